The van der Waals surface area contributed by atoms with Crippen LogP contribution in [-0.2, 0) is 23.8 Å². The first-order chi connectivity index (χ1) is 28.3. The fourth-order valence-corrected chi connectivity index (χ4v) is 6.00. The second-order valence-corrected chi connectivity index (χ2v) is 13.5. The van der Waals surface area contributed by atoms with E-state index in [4.69, 9.17) is 33.8 Å². The number of nitrogens with one attached hydrogen (secondary N) is 1. The van der Waals surface area contributed by atoms with Crippen molar-refractivity contribution in [2.24, 2.45) is 0 Å². The molecule has 314 valence electrons. The Balaban J connectivity index is 0.000000300. The van der Waals surface area contributed by atoms with Crippen LogP contribution >= 0.6 is 0 Å². The van der Waals surface area contributed by atoms with Crippen LogP contribution in [0.25, 0.3) is 0 Å². The molecule has 58 heavy (non-hydrogen) atoms. The van der Waals surface area contributed by atoms with Gasteiger partial charge in [0.2, 0.25) is 0 Å². The summed E-state index contributed by atoms with van der Waals surface area (Å²) in [5, 5.41) is 7.44. The first-order valence-corrected chi connectivity index (χ1v) is 20.0. The molecule has 0 unspecified atom stereocenters. The Labute approximate surface area is 344 Å². The lowest BCUT2D eigenvalue weighted by atomic mass is 9.82. The molecule has 1 aliphatic carbocycles. The van der Waals surface area contributed by atoms with Gasteiger partial charge in [0.25, 0.3) is 0 Å². The molecular formula is C47H61NO10. The van der Waals surface area contributed by atoms with E-state index in [0.717, 1.165) is 99.6 Å². The largest absolute Gasteiger partial charge is 0.496 e. The number of hydrogen-bond donors (Lipinski definition) is 1. The highest BCUT2D eigenvalue weighted by Crippen LogP contribution is 2.35. The number of methoxy groups -OCH3 is 2. The normalized spacial score (nSPS) is 14.1. The molecule has 1 N–H and O–H groups in total. The van der Waals surface area contributed by atoms with Crippen molar-refractivity contribution in [2.75, 3.05) is 40.6 Å². The summed E-state index contributed by atoms with van der Waals surface area (Å²) in [6.45, 7) is 8.84. The first kappa shape index (κ1) is 48.6. The Hall–Kier alpha value is -5.55. The number of esters is 2. The van der Waals surface area contributed by atoms with Gasteiger partial charge in [-0.05, 0) is 149 Å². The van der Waals surface area contributed by atoms with Gasteiger partial charge in [-0.3, -0.25) is 9.59 Å². The zero-order chi connectivity index (χ0) is 42.2. The van der Waals surface area contributed by atoms with E-state index in [-0.39, 0.29) is 11.9 Å². The van der Waals surface area contributed by atoms with Crippen LogP contribution in [0.15, 0.2) is 92.0 Å². The van der Waals surface area contributed by atoms with E-state index in [0.29, 0.717) is 49.6 Å². The molecule has 1 fully saturated rings. The van der Waals surface area contributed by atoms with Gasteiger partial charge >= 0.3 is 11.9 Å². The quantitative estimate of drug-likeness (QED) is 0.0305. The third-order valence-electron chi connectivity index (χ3n) is 9.36. The number of ether oxygens (including phenoxy) is 6. The maximum atomic E-state index is 10.8. The fraction of sp³-hybridized carbons (Fsp3) is 0.426. The SMILES string of the molecule is C=CC(=O)OCCCCCCOc1ccc(C=O)cc1.C=CC(=O)OCCCCCCOc1ccc(C=O)cc1.COc1ccc(C2CCC(OC)CC2)cc1C=N. The smallest absolute Gasteiger partial charge is 0.330 e. The van der Waals surface area contributed by atoms with Crippen LogP contribution in [0.5, 0.6) is 17.2 Å². The lowest BCUT2D eigenvalue weighted by molar-refractivity contribution is -0.138. The molecule has 0 spiro atoms. The molecule has 0 bridgehead atoms. The van der Waals surface area contributed by atoms with Gasteiger partial charge in [0.15, 0.2) is 0 Å². The van der Waals surface area contributed by atoms with Gasteiger partial charge in [-0.1, -0.05) is 19.2 Å². The molecule has 0 atom stereocenters. The molecule has 0 aliphatic heterocycles. The topological polar surface area (TPSA) is 148 Å². The molecule has 0 amide bonds. The molecule has 0 radical (unpaired) electrons. The molecule has 3 aromatic carbocycles. The van der Waals surface area contributed by atoms with Crippen molar-refractivity contribution in [3.63, 3.8) is 0 Å². The number of benzene rings is 3. The lowest BCUT2D eigenvalue weighted by Crippen LogP contribution is -2.19. The fourth-order valence-electron chi connectivity index (χ4n) is 6.00. The summed E-state index contributed by atoms with van der Waals surface area (Å²) in [6, 6.07) is 20.3. The molecule has 4 rings (SSSR count). The molecule has 11 nitrogen and oxygen atoms in total. The van der Waals surface area contributed by atoms with Crippen LogP contribution in [0.2, 0.25) is 0 Å². The second-order valence-electron chi connectivity index (χ2n) is 13.5. The Morgan fingerprint density at radius 2 is 1.09 bits per heavy atom. The van der Waals surface area contributed by atoms with Gasteiger partial charge in [-0.15, -0.1) is 0 Å². The van der Waals surface area contributed by atoms with E-state index in [1.54, 1.807) is 62.8 Å². The number of aldehydes is 2. The molecule has 0 heterocycles. The Morgan fingerprint density at radius 1 is 0.638 bits per heavy atom. The van der Waals surface area contributed by atoms with Crippen molar-refractivity contribution in [3.05, 3.63) is 114 Å². The summed E-state index contributed by atoms with van der Waals surface area (Å²) < 4.78 is 31.5. The number of unbranched alkanes of at least 4 members (excludes halogenated alkanes) is 6. The summed E-state index contributed by atoms with van der Waals surface area (Å²) in [7, 11) is 3.44. The highest BCUT2D eigenvalue weighted by molar-refractivity contribution is 5.82. The average molecular weight is 800 g/mol. The van der Waals surface area contributed by atoms with E-state index in [2.05, 4.69) is 25.3 Å². The molecule has 0 aromatic heterocycles. The van der Waals surface area contributed by atoms with Gasteiger partial charge in [0, 0.05) is 42.2 Å². The van der Waals surface area contributed by atoms with Crippen LogP contribution in [0.4, 0.5) is 0 Å². The minimum Gasteiger partial charge on any atom is -0.496 e. The molecule has 11 heteroatoms. The summed E-state index contributed by atoms with van der Waals surface area (Å²) in [5.41, 5.74) is 3.48. The number of hydrogen-bond acceptors (Lipinski definition) is 11. The minimum atomic E-state index is -0.368. The van der Waals surface area contributed by atoms with Crippen molar-refractivity contribution in [2.45, 2.75) is 89.1 Å². The van der Waals surface area contributed by atoms with Crippen molar-refractivity contribution in [3.8, 4) is 17.2 Å². The summed E-state index contributed by atoms with van der Waals surface area (Å²) >= 11 is 0. The maximum Gasteiger partial charge on any atom is 0.330 e. The number of rotatable bonds is 24. The van der Waals surface area contributed by atoms with Gasteiger partial charge < -0.3 is 33.8 Å². The standard InChI is InChI=1S/2C16H20O4.C15H21NO2/c2*1-2-16(18)20-12-6-4-3-5-11-19-15-9-7-14(13-17)8-10-15;1-17-14-6-3-11(4-7-14)12-5-8-15(18-2)13(9-12)10-16/h2*2,7-10,13H,1,3-6,11-12H2;5,8-11,14,16H,3-4,6-7H2,1-2H3. The third kappa shape index (κ3) is 20.6. The molecule has 1 saturated carbocycles. The lowest BCUT2D eigenvalue weighted by Gasteiger charge is -2.28. The summed E-state index contributed by atoms with van der Waals surface area (Å²) in [4.78, 5) is 42.5. The van der Waals surface area contributed by atoms with Crippen molar-refractivity contribution in [1.29, 1.82) is 5.41 Å². The minimum absolute atomic E-state index is 0.368. The predicted molar refractivity (Wildman–Crippen MR) is 227 cm³/mol. The Morgan fingerprint density at radius 3 is 1.47 bits per heavy atom. The van der Waals surface area contributed by atoms with E-state index in [9.17, 15) is 19.2 Å². The van der Waals surface area contributed by atoms with Crippen LogP contribution < -0.4 is 14.2 Å². The Bertz CT molecular complexity index is 1560. The molecular weight excluding hydrogens is 739 g/mol. The van der Waals surface area contributed by atoms with E-state index in [1.807, 2.05) is 6.07 Å². The van der Waals surface area contributed by atoms with Crippen LogP contribution in [-0.4, -0.2) is 77.5 Å². The van der Waals surface area contributed by atoms with Crippen LogP contribution in [0.1, 0.15) is 115 Å². The number of carbonyl (C=O) groups is 4. The molecule has 0 saturated heterocycles. The highest BCUT2D eigenvalue weighted by Gasteiger charge is 2.22. The summed E-state index contributed by atoms with van der Waals surface area (Å²) in [6.07, 6.45) is 18.0. The number of carbonyl (C=O) groups excluding carboxylic acids is 4. The van der Waals surface area contributed by atoms with Crippen LogP contribution in [0, 0.1) is 5.41 Å². The predicted octanol–water partition coefficient (Wildman–Crippen LogP) is 9.70. The zero-order valence-electron chi connectivity index (χ0n) is 34.2. The molecule has 3 aromatic rings. The highest BCUT2D eigenvalue weighted by atomic mass is 16.5. The monoisotopic (exact) mass is 799 g/mol. The average Bonchev–Trinajstić information content (AvgIpc) is 3.28. The third-order valence-corrected chi connectivity index (χ3v) is 9.36. The first-order valence-electron chi connectivity index (χ1n) is 20.0. The van der Waals surface area contributed by atoms with Crippen molar-refractivity contribution < 1.29 is 47.6 Å². The summed E-state index contributed by atoms with van der Waals surface area (Å²) in [5.74, 6) is 2.19. The van der Waals surface area contributed by atoms with Gasteiger partial charge in [0.05, 0.1) is 39.6 Å². The van der Waals surface area contributed by atoms with Crippen molar-refractivity contribution in [1.82, 2.24) is 0 Å². The van der Waals surface area contributed by atoms with E-state index in [1.165, 1.54) is 36.8 Å². The van der Waals surface area contributed by atoms with Gasteiger partial charge in [-0.2, -0.15) is 0 Å². The Kier molecular flexibility index (Phi) is 25.6. The van der Waals surface area contributed by atoms with Gasteiger partial charge in [-0.25, -0.2) is 9.59 Å². The molecule has 1 aliphatic rings. The zero-order valence-corrected chi connectivity index (χ0v) is 34.2. The van der Waals surface area contributed by atoms with Gasteiger partial charge in [0.1, 0.15) is 29.8 Å². The van der Waals surface area contributed by atoms with Crippen LogP contribution in [0.3, 0.4) is 0 Å². The second kappa shape index (κ2) is 30.6. The maximum absolute atomic E-state index is 10.8. The van der Waals surface area contributed by atoms with Crippen molar-refractivity contribution >= 4 is 30.7 Å². The van der Waals surface area contributed by atoms with E-state index < -0.39 is 0 Å². The van der Waals surface area contributed by atoms with E-state index >= 15 is 0 Å².